The summed E-state index contributed by atoms with van der Waals surface area (Å²) in [6.45, 7) is 1.67. The summed E-state index contributed by atoms with van der Waals surface area (Å²) >= 11 is 1.89. The first-order valence-corrected chi connectivity index (χ1v) is 6.75. The van der Waals surface area contributed by atoms with E-state index in [1.165, 1.54) is 0 Å². The van der Waals surface area contributed by atoms with Crippen molar-refractivity contribution in [2.24, 2.45) is 0 Å². The van der Waals surface area contributed by atoms with Gasteiger partial charge in [-0.05, 0) is 23.8 Å². The number of phenolic OH excluding ortho intramolecular Hbond substituents is 1. The molecule has 1 saturated heterocycles. The van der Waals surface area contributed by atoms with Gasteiger partial charge in [0.05, 0.1) is 0 Å². The van der Waals surface area contributed by atoms with E-state index < -0.39 is 0 Å². The van der Waals surface area contributed by atoms with Crippen molar-refractivity contribution in [2.75, 3.05) is 24.6 Å². The predicted molar refractivity (Wildman–Crippen MR) is 71.0 cm³/mol. The average molecular weight is 249 g/mol. The normalized spacial score (nSPS) is 16.4. The molecule has 1 heterocycles. The van der Waals surface area contributed by atoms with Gasteiger partial charge in [-0.3, -0.25) is 4.79 Å². The van der Waals surface area contributed by atoms with Gasteiger partial charge in [0.15, 0.2) is 0 Å². The number of nitrogens with zero attached hydrogens (tertiary/aromatic N) is 1. The van der Waals surface area contributed by atoms with E-state index in [2.05, 4.69) is 0 Å². The molecule has 3 nitrogen and oxygen atoms in total. The second-order valence-corrected chi connectivity index (χ2v) is 5.09. The van der Waals surface area contributed by atoms with Crippen molar-refractivity contribution in [3.05, 3.63) is 35.9 Å². The molecule has 0 spiro atoms. The first kappa shape index (κ1) is 12.0. The fourth-order valence-electron chi connectivity index (χ4n) is 1.64. The molecule has 1 aromatic carbocycles. The molecule has 0 bridgehead atoms. The van der Waals surface area contributed by atoms with Gasteiger partial charge in [-0.1, -0.05) is 12.1 Å². The first-order valence-electron chi connectivity index (χ1n) is 5.59. The van der Waals surface area contributed by atoms with E-state index in [0.29, 0.717) is 0 Å². The third-order valence-electron chi connectivity index (χ3n) is 2.63. The van der Waals surface area contributed by atoms with Crippen LogP contribution in [-0.4, -0.2) is 40.5 Å². The van der Waals surface area contributed by atoms with E-state index in [-0.39, 0.29) is 11.7 Å². The van der Waals surface area contributed by atoms with Gasteiger partial charge in [-0.25, -0.2) is 0 Å². The molecular weight excluding hydrogens is 234 g/mol. The standard InChI is InChI=1S/C13H15NO2S/c15-12-4-1-11(2-5-12)3-6-13(16)14-7-9-17-10-8-14/h1-6,15H,7-10H2/b6-3+. The molecule has 0 aliphatic carbocycles. The van der Waals surface area contributed by atoms with Crippen LogP contribution in [0.2, 0.25) is 0 Å². The van der Waals surface area contributed by atoms with Gasteiger partial charge in [-0.2, -0.15) is 11.8 Å². The lowest BCUT2D eigenvalue weighted by Gasteiger charge is -2.25. The fourth-order valence-corrected chi connectivity index (χ4v) is 2.55. The third kappa shape index (κ3) is 3.53. The van der Waals surface area contributed by atoms with Crippen LogP contribution >= 0.6 is 11.8 Å². The van der Waals surface area contributed by atoms with Crippen molar-refractivity contribution in [3.63, 3.8) is 0 Å². The molecule has 1 aromatic rings. The Balaban J connectivity index is 1.95. The van der Waals surface area contributed by atoms with Crippen molar-refractivity contribution in [3.8, 4) is 5.75 Å². The Morgan fingerprint density at radius 2 is 1.88 bits per heavy atom. The number of phenols is 1. The largest absolute Gasteiger partial charge is 0.508 e. The molecule has 0 atom stereocenters. The summed E-state index contributed by atoms with van der Waals surface area (Å²) in [5, 5.41) is 9.14. The van der Waals surface area contributed by atoms with E-state index in [1.807, 2.05) is 16.7 Å². The lowest BCUT2D eigenvalue weighted by molar-refractivity contribution is -0.125. The second-order valence-electron chi connectivity index (χ2n) is 3.86. The van der Waals surface area contributed by atoms with Crippen LogP contribution in [-0.2, 0) is 4.79 Å². The molecule has 0 radical (unpaired) electrons. The smallest absolute Gasteiger partial charge is 0.246 e. The maximum Gasteiger partial charge on any atom is 0.246 e. The SMILES string of the molecule is O=C(/C=C/c1ccc(O)cc1)N1CCSCC1. The summed E-state index contributed by atoms with van der Waals surface area (Å²) in [6, 6.07) is 6.79. The van der Waals surface area contributed by atoms with E-state index in [4.69, 9.17) is 5.11 Å². The van der Waals surface area contributed by atoms with E-state index >= 15 is 0 Å². The van der Waals surface area contributed by atoms with Crippen molar-refractivity contribution in [1.82, 2.24) is 4.90 Å². The summed E-state index contributed by atoms with van der Waals surface area (Å²) in [5.74, 6) is 2.36. The summed E-state index contributed by atoms with van der Waals surface area (Å²) in [7, 11) is 0. The number of amides is 1. The second kappa shape index (κ2) is 5.77. The Hall–Kier alpha value is -1.42. The highest BCUT2D eigenvalue weighted by atomic mass is 32.2. The molecule has 0 unspecified atom stereocenters. The Labute approximate surface area is 105 Å². The summed E-state index contributed by atoms with van der Waals surface area (Å²) in [4.78, 5) is 13.7. The minimum atomic E-state index is 0.0679. The van der Waals surface area contributed by atoms with Crippen LogP contribution in [0.5, 0.6) is 5.75 Å². The molecule has 4 heteroatoms. The minimum absolute atomic E-state index is 0.0679. The van der Waals surface area contributed by atoms with Gasteiger partial charge >= 0.3 is 0 Å². The lowest BCUT2D eigenvalue weighted by Crippen LogP contribution is -2.36. The summed E-state index contributed by atoms with van der Waals surface area (Å²) in [5.41, 5.74) is 0.919. The zero-order valence-electron chi connectivity index (χ0n) is 9.50. The van der Waals surface area contributed by atoms with Crippen molar-refractivity contribution >= 4 is 23.7 Å². The number of thioether (sulfide) groups is 1. The zero-order valence-corrected chi connectivity index (χ0v) is 10.3. The number of aromatic hydroxyl groups is 1. The van der Waals surface area contributed by atoms with E-state index in [1.54, 1.807) is 36.4 Å². The number of hydrogen-bond acceptors (Lipinski definition) is 3. The van der Waals surface area contributed by atoms with E-state index in [0.717, 1.165) is 30.2 Å². The zero-order chi connectivity index (χ0) is 12.1. The predicted octanol–water partition coefficient (Wildman–Crippen LogP) is 1.98. The molecule has 0 aromatic heterocycles. The molecule has 1 N–H and O–H groups in total. The van der Waals surface area contributed by atoms with Gasteiger partial charge in [0.2, 0.25) is 5.91 Å². The van der Waals surface area contributed by atoms with Crippen LogP contribution in [0.3, 0.4) is 0 Å². The molecule has 1 fully saturated rings. The van der Waals surface area contributed by atoms with Gasteiger partial charge in [0.25, 0.3) is 0 Å². The van der Waals surface area contributed by atoms with Crippen molar-refractivity contribution in [1.29, 1.82) is 0 Å². The Morgan fingerprint density at radius 3 is 2.53 bits per heavy atom. The first-order chi connectivity index (χ1) is 8.25. The number of benzene rings is 1. The molecule has 1 aliphatic heterocycles. The molecule has 90 valence electrons. The monoisotopic (exact) mass is 249 g/mol. The maximum absolute atomic E-state index is 11.8. The summed E-state index contributed by atoms with van der Waals surface area (Å²) in [6.07, 6.45) is 3.38. The average Bonchev–Trinajstić information content (AvgIpc) is 2.39. The lowest BCUT2D eigenvalue weighted by atomic mass is 10.2. The van der Waals surface area contributed by atoms with E-state index in [9.17, 15) is 4.79 Å². The number of hydrogen-bond donors (Lipinski definition) is 1. The highest BCUT2D eigenvalue weighted by Gasteiger charge is 2.13. The molecular formula is C13H15NO2S. The molecule has 1 aliphatic rings. The number of rotatable bonds is 2. The van der Waals surface area contributed by atoms with Crippen LogP contribution < -0.4 is 0 Å². The Kier molecular flexibility index (Phi) is 4.09. The quantitative estimate of drug-likeness (QED) is 0.815. The van der Waals surface area contributed by atoms with Gasteiger partial charge in [0, 0.05) is 30.7 Å². The van der Waals surface area contributed by atoms with Crippen LogP contribution in [0.15, 0.2) is 30.3 Å². The molecule has 17 heavy (non-hydrogen) atoms. The van der Waals surface area contributed by atoms with Gasteiger partial charge in [-0.15, -0.1) is 0 Å². The topological polar surface area (TPSA) is 40.5 Å². The van der Waals surface area contributed by atoms with Crippen LogP contribution in [0.4, 0.5) is 0 Å². The van der Waals surface area contributed by atoms with Crippen LogP contribution in [0, 0.1) is 0 Å². The van der Waals surface area contributed by atoms with Crippen LogP contribution in [0.25, 0.3) is 6.08 Å². The Morgan fingerprint density at radius 1 is 1.24 bits per heavy atom. The molecule has 2 rings (SSSR count). The third-order valence-corrected chi connectivity index (χ3v) is 3.58. The van der Waals surface area contributed by atoms with Crippen LogP contribution in [0.1, 0.15) is 5.56 Å². The highest BCUT2D eigenvalue weighted by Crippen LogP contribution is 2.12. The maximum atomic E-state index is 11.8. The van der Waals surface area contributed by atoms with Gasteiger partial charge in [0.1, 0.15) is 5.75 Å². The summed E-state index contributed by atoms with van der Waals surface area (Å²) < 4.78 is 0. The van der Waals surface area contributed by atoms with Gasteiger partial charge < -0.3 is 10.0 Å². The number of carbonyl (C=O) groups excluding carboxylic acids is 1. The number of carbonyl (C=O) groups is 1. The fraction of sp³-hybridized carbons (Fsp3) is 0.308. The molecule has 1 amide bonds. The highest BCUT2D eigenvalue weighted by molar-refractivity contribution is 7.99. The molecule has 0 saturated carbocycles. The Bertz CT molecular complexity index is 408. The van der Waals surface area contributed by atoms with Crippen molar-refractivity contribution < 1.29 is 9.90 Å². The minimum Gasteiger partial charge on any atom is -0.508 e. The van der Waals surface area contributed by atoms with Crippen molar-refractivity contribution in [2.45, 2.75) is 0 Å².